The van der Waals surface area contributed by atoms with Crippen molar-refractivity contribution in [2.45, 2.75) is 38.8 Å². The molecule has 1 aliphatic rings. The van der Waals surface area contributed by atoms with Crippen LogP contribution >= 0.6 is 0 Å². The van der Waals surface area contributed by atoms with E-state index in [1.165, 1.54) is 0 Å². The zero-order valence-electron chi connectivity index (χ0n) is 10.9. The van der Waals surface area contributed by atoms with Crippen LogP contribution in [-0.4, -0.2) is 34.5 Å². The van der Waals surface area contributed by atoms with Crippen molar-refractivity contribution in [1.29, 1.82) is 0 Å². The number of phenolic OH excluding ortho intramolecular Hbond substituents is 1. The molecule has 3 N–H and O–H groups in total. The molecule has 98 valence electrons. The summed E-state index contributed by atoms with van der Waals surface area (Å²) in [4.78, 5) is 14.3. The van der Waals surface area contributed by atoms with Crippen molar-refractivity contribution in [3.05, 3.63) is 29.3 Å². The smallest absolute Gasteiger partial charge is 0.254 e. The van der Waals surface area contributed by atoms with Crippen LogP contribution in [0, 0.1) is 6.92 Å². The molecule has 1 aromatic rings. The molecule has 0 spiro atoms. The van der Waals surface area contributed by atoms with Gasteiger partial charge < -0.3 is 15.7 Å². The average molecular weight is 248 g/mol. The van der Waals surface area contributed by atoms with Crippen molar-refractivity contribution in [3.8, 4) is 5.75 Å². The third-order valence-corrected chi connectivity index (χ3v) is 3.62. The number of likely N-dealkylation sites (tertiary alicyclic amines) is 1. The second-order valence-corrected chi connectivity index (χ2v) is 5.13. The molecule has 0 bridgehead atoms. The summed E-state index contributed by atoms with van der Waals surface area (Å²) in [5, 5.41) is 9.48. The maximum absolute atomic E-state index is 12.4. The fraction of sp³-hybridized carbons (Fsp3) is 0.500. The quantitative estimate of drug-likeness (QED) is 0.794. The first-order valence-corrected chi connectivity index (χ1v) is 6.35. The molecule has 1 saturated heterocycles. The summed E-state index contributed by atoms with van der Waals surface area (Å²) in [6.07, 6.45) is 1.70. The lowest BCUT2D eigenvalue weighted by Crippen LogP contribution is -2.48. The number of aromatic hydroxyl groups is 1. The Bertz CT molecular complexity index is 459. The number of rotatable bonds is 1. The van der Waals surface area contributed by atoms with Crippen LogP contribution in [0.1, 0.15) is 35.7 Å². The zero-order valence-corrected chi connectivity index (χ0v) is 10.9. The number of aryl methyl sites for hydroxylation is 1. The van der Waals surface area contributed by atoms with E-state index in [0.29, 0.717) is 12.1 Å². The van der Waals surface area contributed by atoms with Gasteiger partial charge in [0, 0.05) is 24.2 Å². The fourth-order valence-electron chi connectivity index (χ4n) is 2.46. The first-order chi connectivity index (χ1) is 8.49. The number of nitrogens with two attached hydrogens (primary N) is 1. The molecular formula is C14H20N2O2. The molecule has 1 aliphatic heterocycles. The van der Waals surface area contributed by atoms with E-state index < -0.39 is 0 Å². The number of carbonyl (C=O) groups excluding carboxylic acids is 1. The molecule has 2 unspecified atom stereocenters. The van der Waals surface area contributed by atoms with Crippen LogP contribution in [0.5, 0.6) is 5.75 Å². The van der Waals surface area contributed by atoms with Gasteiger partial charge in [-0.05, 0) is 50.5 Å². The minimum Gasteiger partial charge on any atom is -0.508 e. The molecule has 0 aromatic heterocycles. The van der Waals surface area contributed by atoms with Crippen molar-refractivity contribution in [2.24, 2.45) is 5.73 Å². The van der Waals surface area contributed by atoms with Crippen LogP contribution in [0.15, 0.2) is 18.2 Å². The van der Waals surface area contributed by atoms with Gasteiger partial charge in [-0.2, -0.15) is 0 Å². The van der Waals surface area contributed by atoms with Crippen LogP contribution in [0.2, 0.25) is 0 Å². The highest BCUT2D eigenvalue weighted by Gasteiger charge is 2.27. The highest BCUT2D eigenvalue weighted by Crippen LogP contribution is 2.22. The second kappa shape index (κ2) is 4.98. The van der Waals surface area contributed by atoms with Crippen LogP contribution in [-0.2, 0) is 0 Å². The molecule has 1 fully saturated rings. The maximum atomic E-state index is 12.4. The van der Waals surface area contributed by atoms with E-state index in [1.807, 2.05) is 11.8 Å². The molecular weight excluding hydrogens is 228 g/mol. The molecule has 1 heterocycles. The van der Waals surface area contributed by atoms with Gasteiger partial charge in [-0.15, -0.1) is 0 Å². The Balaban J connectivity index is 2.18. The Morgan fingerprint density at radius 3 is 2.83 bits per heavy atom. The van der Waals surface area contributed by atoms with E-state index in [0.717, 1.165) is 18.4 Å². The van der Waals surface area contributed by atoms with E-state index in [9.17, 15) is 9.90 Å². The molecule has 0 aliphatic carbocycles. The SMILES string of the molecule is Cc1cc(C(=O)N2CCC(N)CC2C)ccc1O. The van der Waals surface area contributed by atoms with Crippen LogP contribution < -0.4 is 5.73 Å². The number of hydrogen-bond donors (Lipinski definition) is 2. The molecule has 1 aromatic carbocycles. The lowest BCUT2D eigenvalue weighted by molar-refractivity contribution is 0.0619. The Kier molecular flexibility index (Phi) is 3.57. The summed E-state index contributed by atoms with van der Waals surface area (Å²) in [7, 11) is 0. The summed E-state index contributed by atoms with van der Waals surface area (Å²) in [5.74, 6) is 0.248. The highest BCUT2D eigenvalue weighted by atomic mass is 16.3. The monoisotopic (exact) mass is 248 g/mol. The first-order valence-electron chi connectivity index (χ1n) is 6.35. The highest BCUT2D eigenvalue weighted by molar-refractivity contribution is 5.94. The van der Waals surface area contributed by atoms with Gasteiger partial charge in [-0.3, -0.25) is 4.79 Å². The van der Waals surface area contributed by atoms with Gasteiger partial charge in [0.15, 0.2) is 0 Å². The van der Waals surface area contributed by atoms with Gasteiger partial charge in [0.05, 0.1) is 0 Å². The zero-order chi connectivity index (χ0) is 13.3. The minimum absolute atomic E-state index is 0.0255. The van der Waals surface area contributed by atoms with Gasteiger partial charge in [-0.25, -0.2) is 0 Å². The lowest BCUT2D eigenvalue weighted by Gasteiger charge is -2.36. The third kappa shape index (κ3) is 2.48. The average Bonchev–Trinajstić information content (AvgIpc) is 2.32. The summed E-state index contributed by atoms with van der Waals surface area (Å²) in [6.45, 7) is 4.53. The molecule has 0 saturated carbocycles. The summed E-state index contributed by atoms with van der Waals surface area (Å²) in [5.41, 5.74) is 7.26. The van der Waals surface area contributed by atoms with Crippen molar-refractivity contribution < 1.29 is 9.90 Å². The van der Waals surface area contributed by atoms with Gasteiger partial charge >= 0.3 is 0 Å². The van der Waals surface area contributed by atoms with E-state index in [2.05, 4.69) is 0 Å². The molecule has 1 amide bonds. The fourth-order valence-corrected chi connectivity index (χ4v) is 2.46. The van der Waals surface area contributed by atoms with Gasteiger partial charge in [0.2, 0.25) is 0 Å². The summed E-state index contributed by atoms with van der Waals surface area (Å²) >= 11 is 0. The van der Waals surface area contributed by atoms with E-state index in [-0.39, 0.29) is 23.7 Å². The van der Waals surface area contributed by atoms with Crippen LogP contribution in [0.25, 0.3) is 0 Å². The predicted octanol–water partition coefficient (Wildman–Crippen LogP) is 1.65. The number of nitrogens with zero attached hydrogens (tertiary/aromatic N) is 1. The van der Waals surface area contributed by atoms with Crippen LogP contribution in [0.4, 0.5) is 0 Å². The van der Waals surface area contributed by atoms with Crippen LogP contribution in [0.3, 0.4) is 0 Å². The third-order valence-electron chi connectivity index (χ3n) is 3.62. The Hall–Kier alpha value is -1.55. The van der Waals surface area contributed by atoms with E-state index in [1.54, 1.807) is 25.1 Å². The number of benzene rings is 1. The van der Waals surface area contributed by atoms with E-state index >= 15 is 0 Å². The standard InChI is InChI=1S/C14H20N2O2/c1-9-7-11(3-4-13(9)17)14(18)16-6-5-12(15)8-10(16)2/h3-4,7,10,12,17H,5-6,8,15H2,1-2H3. The largest absolute Gasteiger partial charge is 0.508 e. The Labute approximate surface area is 107 Å². The molecule has 4 heteroatoms. The summed E-state index contributed by atoms with van der Waals surface area (Å²) < 4.78 is 0. The topological polar surface area (TPSA) is 66.6 Å². The van der Waals surface area contributed by atoms with Crippen molar-refractivity contribution in [1.82, 2.24) is 4.90 Å². The number of amides is 1. The molecule has 0 radical (unpaired) electrons. The first kappa shape index (κ1) is 12.9. The Morgan fingerprint density at radius 1 is 1.50 bits per heavy atom. The summed E-state index contributed by atoms with van der Waals surface area (Å²) in [6, 6.07) is 5.36. The molecule has 2 atom stereocenters. The minimum atomic E-state index is 0.0255. The number of phenols is 1. The normalized spacial score (nSPS) is 24.1. The molecule has 2 rings (SSSR count). The van der Waals surface area contributed by atoms with Gasteiger partial charge in [-0.1, -0.05) is 0 Å². The lowest BCUT2D eigenvalue weighted by atomic mass is 9.98. The Morgan fingerprint density at radius 2 is 2.22 bits per heavy atom. The molecule has 4 nitrogen and oxygen atoms in total. The number of hydrogen-bond acceptors (Lipinski definition) is 3. The number of carbonyl (C=O) groups is 1. The van der Waals surface area contributed by atoms with Crippen molar-refractivity contribution >= 4 is 5.91 Å². The van der Waals surface area contributed by atoms with Crippen molar-refractivity contribution in [3.63, 3.8) is 0 Å². The van der Waals surface area contributed by atoms with E-state index in [4.69, 9.17) is 5.73 Å². The molecule has 18 heavy (non-hydrogen) atoms. The van der Waals surface area contributed by atoms with Crippen molar-refractivity contribution in [2.75, 3.05) is 6.54 Å². The second-order valence-electron chi connectivity index (χ2n) is 5.13. The predicted molar refractivity (Wildman–Crippen MR) is 70.6 cm³/mol. The number of piperidine rings is 1. The maximum Gasteiger partial charge on any atom is 0.254 e. The van der Waals surface area contributed by atoms with Gasteiger partial charge in [0.1, 0.15) is 5.75 Å². The van der Waals surface area contributed by atoms with Gasteiger partial charge in [0.25, 0.3) is 5.91 Å².